The summed E-state index contributed by atoms with van der Waals surface area (Å²) in [5.41, 5.74) is 9.89. The van der Waals surface area contributed by atoms with Crippen molar-refractivity contribution in [1.29, 1.82) is 0 Å². The number of hydrogen-bond acceptors (Lipinski definition) is 11. The predicted octanol–water partition coefficient (Wildman–Crippen LogP) is 17.8. The molecule has 3 aliphatic rings. The molecule has 114 heavy (non-hydrogen) atoms. The fourth-order valence-corrected chi connectivity index (χ4v) is 13.7. The summed E-state index contributed by atoms with van der Waals surface area (Å²) in [4.78, 5) is 59.5. The molecule has 13 nitrogen and oxygen atoms in total. The van der Waals surface area contributed by atoms with Crippen molar-refractivity contribution in [3.8, 4) is 36.2 Å². The second-order valence-corrected chi connectivity index (χ2v) is 36.6. The Balaban J connectivity index is 0.000000179. The van der Waals surface area contributed by atoms with Gasteiger partial charge in [-0.05, 0) is 197 Å². The number of likely N-dealkylation sites (N-methyl/N-ethyl adjacent to an activating group) is 3. The fourth-order valence-electron chi connectivity index (χ4n) is 12.7. The normalized spacial score (nSPS) is 14.8. The molecule has 7 heterocycles. The maximum Gasteiger partial charge on any atom is 0.416 e. The monoisotopic (exact) mass is 1750 g/mol. The Labute approximate surface area is 685 Å². The highest BCUT2D eigenvalue weighted by Crippen LogP contribution is 2.37. The van der Waals surface area contributed by atoms with E-state index in [9.17, 15) is 53.9 Å². The molecule has 0 atom stereocenters. The van der Waals surface area contributed by atoms with Gasteiger partial charge in [0.25, 0.3) is 0 Å². The number of ketones is 3. The number of benzene rings is 6. The van der Waals surface area contributed by atoms with Gasteiger partial charge in [0.1, 0.15) is 8.07 Å². The molecule has 0 saturated carbocycles. The Kier molecular flexibility index (Phi) is 31.2. The van der Waals surface area contributed by atoms with Crippen molar-refractivity contribution in [3.63, 3.8) is 0 Å². The van der Waals surface area contributed by atoms with Crippen LogP contribution in [-0.4, -0.2) is 173 Å². The van der Waals surface area contributed by atoms with E-state index in [4.69, 9.17) is 12.8 Å². The van der Waals surface area contributed by atoms with Crippen molar-refractivity contribution in [2.45, 2.75) is 97.8 Å². The molecule has 3 fully saturated rings. The first-order chi connectivity index (χ1) is 53.9. The molecule has 3 saturated heterocycles. The Morgan fingerprint density at radius 2 is 0.842 bits per heavy atom. The van der Waals surface area contributed by atoms with E-state index in [1.54, 1.807) is 72.9 Å². The van der Waals surface area contributed by atoms with Gasteiger partial charge < -0.3 is 14.7 Å². The summed E-state index contributed by atoms with van der Waals surface area (Å²) in [7, 11) is 4.95. The molecule has 10 aromatic rings. The van der Waals surface area contributed by atoms with E-state index in [2.05, 4.69) is 111 Å². The van der Waals surface area contributed by atoms with Crippen molar-refractivity contribution in [2.24, 2.45) is 0 Å². The number of aromatic nitrogens is 4. The van der Waals surface area contributed by atoms with Crippen molar-refractivity contribution >= 4 is 75.0 Å². The number of aryl methyl sites for hydroxylation is 3. The van der Waals surface area contributed by atoms with Crippen molar-refractivity contribution in [3.05, 3.63) is 279 Å². The van der Waals surface area contributed by atoms with Gasteiger partial charge in [0.2, 0.25) is 0 Å². The lowest BCUT2D eigenvalue weighted by Gasteiger charge is -2.33. The van der Waals surface area contributed by atoms with Crippen molar-refractivity contribution < 1.29 is 53.9 Å². The minimum atomic E-state index is -4.50. The van der Waals surface area contributed by atoms with E-state index in [0.717, 1.165) is 127 Å². The summed E-state index contributed by atoms with van der Waals surface area (Å²) in [6.45, 7) is 22.8. The smallest absolute Gasteiger partial charge is 0.304 e. The third-order valence-corrected chi connectivity index (χ3v) is 22.5. The number of terminal acetylenes is 2. The van der Waals surface area contributed by atoms with E-state index in [1.807, 2.05) is 122 Å². The van der Waals surface area contributed by atoms with Gasteiger partial charge in [-0.15, -0.1) is 18.4 Å². The van der Waals surface area contributed by atoms with Gasteiger partial charge in [-0.1, -0.05) is 116 Å². The zero-order valence-corrected chi connectivity index (χ0v) is 70.1. The SMILES string of the molecule is Brc1ncc2ccccn12.C#C[Si](C)(C)C.C#Cc1cc(C(=O)Cc2ccc(CN3CCN(C)CC3)c(C(F)(F)F)c2)ccc1C.Cc1ccc(C(=O)Cc2ccc(CN3CCN(C)CC3)c(C(F)(F)F)c2)cc1C#Cc1ncc2ccccn12.Cc1ccc(C(=O)Cc2ccc(CN3CCN(C)CC3)cc2C(F)(F)F)cc1I. The predicted molar refractivity (Wildman–Crippen MR) is 447 cm³/mol. The number of piperazine rings is 3. The van der Waals surface area contributed by atoms with Crippen LogP contribution >= 0.6 is 38.5 Å². The van der Waals surface area contributed by atoms with Crippen LogP contribution in [0.1, 0.15) is 115 Å². The second-order valence-electron chi connectivity index (χ2n) is 29.9. The quantitative estimate of drug-likeness (QED) is 0.0322. The van der Waals surface area contributed by atoms with Gasteiger partial charge in [0.15, 0.2) is 27.9 Å². The molecular formula is C89H93BrF9IN10O3Si. The highest BCUT2D eigenvalue weighted by atomic mass is 127. The minimum Gasteiger partial charge on any atom is -0.304 e. The third-order valence-electron chi connectivity index (χ3n) is 19.8. The lowest BCUT2D eigenvalue weighted by Crippen LogP contribution is -2.44. The van der Waals surface area contributed by atoms with Crippen LogP contribution < -0.4 is 0 Å². The van der Waals surface area contributed by atoms with E-state index in [0.29, 0.717) is 56.9 Å². The first kappa shape index (κ1) is 88.9. The largest absolute Gasteiger partial charge is 0.416 e. The Bertz CT molecular complexity index is 5180. The van der Waals surface area contributed by atoms with Gasteiger partial charge in [0.05, 0.1) is 40.1 Å². The number of carbonyl (C=O) groups excluding carboxylic acids is 3. The minimum absolute atomic E-state index is 0.0280. The number of hydrogen-bond donors (Lipinski definition) is 0. The number of nitrogens with zero attached hydrogens (tertiary/aromatic N) is 10. The summed E-state index contributed by atoms with van der Waals surface area (Å²) in [5, 5.41) is 0. The summed E-state index contributed by atoms with van der Waals surface area (Å²) in [6.07, 6.45) is 4.02. The van der Waals surface area contributed by atoms with Crippen LogP contribution in [0.25, 0.3) is 11.0 Å². The fraction of sp³-hybridized carbons (Fsp3) is 0.337. The Hall–Kier alpha value is -9.05. The van der Waals surface area contributed by atoms with Gasteiger partial charge in [-0.25, -0.2) is 9.97 Å². The molecular weight excluding hydrogens is 1660 g/mol. The lowest BCUT2D eigenvalue weighted by atomic mass is 9.96. The number of halogens is 11. The molecule has 0 unspecified atom stereocenters. The Morgan fingerprint density at radius 1 is 0.456 bits per heavy atom. The highest BCUT2D eigenvalue weighted by Gasteiger charge is 2.37. The second kappa shape index (κ2) is 40.0. The highest BCUT2D eigenvalue weighted by molar-refractivity contribution is 14.1. The molecule has 0 spiro atoms. The number of rotatable bonds is 15. The van der Waals surface area contributed by atoms with E-state index in [1.165, 1.54) is 24.3 Å². The van der Waals surface area contributed by atoms with Crippen LogP contribution in [0.5, 0.6) is 0 Å². The summed E-state index contributed by atoms with van der Waals surface area (Å²) in [6, 6.07) is 40.1. The number of pyridine rings is 2. The standard InChI is InChI=1S/C31H29F3N4O.C24H25F3N2O.C22H24F3IN2O.C7H5BrN2.C5H10Si/c1-22-6-8-25(19-24(22)10-11-30-35-20-27-5-3-4-12-38(27)30)29(39)18-23-7-9-26(28(17-23)31(32,33)34)21-37-15-13-36(2)14-16-37;1-4-19-15-20(7-5-17(19)2)23(30)14-18-6-8-21(22(13-18)24(25,26)27)16-29-11-9-28(3)10-12-29;1-15-3-5-18(12-20(15)26)21(29)13-17-6-4-16(11-19(17)22(23,24)25)14-28-9-7-27(2)8-10-28;8-7-9-5-6-3-1-2-4-10(6)7;1-5-6(2,3)4/h3-9,12,17,19-20H,13-16,18,21H2,1-2H3;1,5-8,13,15H,9-12,14,16H2,2-3H3;3-6,11-12H,7-10,13-14H2,1-2H3;1-5H;1H,2-4H3. The average Bonchev–Trinajstić information content (AvgIpc) is 1.18. The summed E-state index contributed by atoms with van der Waals surface area (Å²) >= 11 is 5.44. The molecule has 25 heteroatoms. The van der Waals surface area contributed by atoms with E-state index < -0.39 is 43.3 Å². The lowest BCUT2D eigenvalue weighted by molar-refractivity contribution is -0.139. The number of imidazole rings is 2. The summed E-state index contributed by atoms with van der Waals surface area (Å²) in [5.74, 6) is 8.45. The van der Waals surface area contributed by atoms with Crippen LogP contribution in [0.2, 0.25) is 19.6 Å². The van der Waals surface area contributed by atoms with Gasteiger partial charge in [-0.3, -0.25) is 37.9 Å². The first-order valence-electron chi connectivity index (χ1n) is 37.2. The van der Waals surface area contributed by atoms with Crippen molar-refractivity contribution in [2.75, 3.05) is 99.7 Å². The molecule has 0 amide bonds. The van der Waals surface area contributed by atoms with Crippen LogP contribution in [0.15, 0.2) is 175 Å². The van der Waals surface area contributed by atoms with Crippen LogP contribution in [-0.2, 0) is 57.4 Å². The number of alkyl halides is 9. The average molecular weight is 1760 g/mol. The molecule has 0 bridgehead atoms. The first-order valence-corrected chi connectivity index (χ1v) is 42.6. The molecule has 0 radical (unpaired) electrons. The number of Topliss-reactive ketones (excluding diaryl/α,β-unsaturated/α-hetero) is 3. The van der Waals surface area contributed by atoms with Crippen LogP contribution in [0, 0.1) is 60.5 Å². The van der Waals surface area contributed by atoms with Crippen LogP contribution in [0.4, 0.5) is 39.5 Å². The van der Waals surface area contributed by atoms with Crippen molar-refractivity contribution in [1.82, 2.24) is 48.2 Å². The Morgan fingerprint density at radius 3 is 1.30 bits per heavy atom. The molecule has 3 aliphatic heterocycles. The zero-order chi connectivity index (χ0) is 82.8. The number of fused-ring (bicyclic) bond motifs is 2. The molecule has 598 valence electrons. The molecule has 13 rings (SSSR count). The maximum atomic E-state index is 14.0. The summed E-state index contributed by atoms with van der Waals surface area (Å²) < 4.78 is 130. The van der Waals surface area contributed by atoms with E-state index >= 15 is 0 Å². The molecule has 0 aliphatic carbocycles. The zero-order valence-electron chi connectivity index (χ0n) is 65.4. The number of carbonyl (C=O) groups is 3. The van der Waals surface area contributed by atoms with Gasteiger partial charge >= 0.3 is 18.5 Å². The molecule has 6 aromatic carbocycles. The van der Waals surface area contributed by atoms with E-state index in [-0.39, 0.29) is 66.4 Å². The van der Waals surface area contributed by atoms with Gasteiger partial charge in [-0.2, -0.15) is 39.5 Å². The molecule has 4 aromatic heterocycles. The maximum absolute atomic E-state index is 14.0. The topological polar surface area (TPSA) is 105 Å². The van der Waals surface area contributed by atoms with Crippen LogP contribution in [0.3, 0.4) is 0 Å². The third kappa shape index (κ3) is 26.0. The van der Waals surface area contributed by atoms with Gasteiger partial charge in [0, 0.05) is 161 Å². The molecule has 0 N–H and O–H groups in total.